The molecule has 106 valence electrons. The lowest BCUT2D eigenvalue weighted by Gasteiger charge is -2.35. The third-order valence-electron chi connectivity index (χ3n) is 3.70. The minimum Gasteiger partial charge on any atom is -0.406 e. The second-order valence-corrected chi connectivity index (χ2v) is 4.89. The van der Waals surface area contributed by atoms with Gasteiger partial charge in [-0.1, -0.05) is 13.0 Å². The molecule has 6 heteroatoms. The van der Waals surface area contributed by atoms with Crippen molar-refractivity contribution in [3.63, 3.8) is 0 Å². The van der Waals surface area contributed by atoms with Crippen LogP contribution in [0, 0.1) is 0 Å². The molecule has 0 aliphatic carbocycles. The number of hydrogen-bond donors (Lipinski definition) is 1. The van der Waals surface area contributed by atoms with Crippen molar-refractivity contribution in [2.75, 3.05) is 31.1 Å². The first-order valence-electron chi connectivity index (χ1n) is 6.83. The molecule has 1 saturated heterocycles. The average molecular weight is 275 g/mol. The molecule has 0 spiro atoms. The van der Waals surface area contributed by atoms with Gasteiger partial charge in [-0.05, 0) is 12.1 Å². The maximum atomic E-state index is 11.7. The number of fused-ring (bicyclic) bond motifs is 1. The summed E-state index contributed by atoms with van der Waals surface area (Å²) in [6.07, 6.45) is 0.544. The molecule has 1 amide bonds. The molecule has 2 heterocycles. The van der Waals surface area contributed by atoms with Crippen LogP contribution in [0.2, 0.25) is 0 Å². The highest BCUT2D eigenvalue weighted by Gasteiger charge is 2.22. The van der Waals surface area contributed by atoms with E-state index in [0.717, 1.165) is 18.8 Å². The van der Waals surface area contributed by atoms with Gasteiger partial charge in [0.05, 0.1) is 11.2 Å². The molecule has 6 nitrogen and oxygen atoms in total. The number of rotatable bonds is 2. The summed E-state index contributed by atoms with van der Waals surface area (Å²) in [6, 6.07) is 5.66. The molecule has 1 aliphatic rings. The van der Waals surface area contributed by atoms with E-state index in [2.05, 4.69) is 9.88 Å². The first-order valence-corrected chi connectivity index (χ1v) is 6.83. The largest absolute Gasteiger partial charge is 0.417 e. The molecule has 1 N–H and O–H groups in total. The summed E-state index contributed by atoms with van der Waals surface area (Å²) >= 11 is 0. The smallest absolute Gasteiger partial charge is 0.406 e. The van der Waals surface area contributed by atoms with Crippen molar-refractivity contribution in [2.45, 2.75) is 13.3 Å². The van der Waals surface area contributed by atoms with Crippen LogP contribution < -0.4 is 10.7 Å². The number of piperazine rings is 1. The van der Waals surface area contributed by atoms with Crippen molar-refractivity contribution in [3.05, 3.63) is 28.7 Å². The number of amides is 1. The molecule has 20 heavy (non-hydrogen) atoms. The highest BCUT2D eigenvalue weighted by atomic mass is 16.4. The molecule has 1 aliphatic heterocycles. The first-order chi connectivity index (χ1) is 9.69. The number of carbonyl (C=O) groups is 1. The van der Waals surface area contributed by atoms with Crippen molar-refractivity contribution in [1.29, 1.82) is 0 Å². The Morgan fingerprint density at radius 2 is 2.05 bits per heavy atom. The molecule has 1 aromatic heterocycles. The summed E-state index contributed by atoms with van der Waals surface area (Å²) < 4.78 is 5.21. The van der Waals surface area contributed by atoms with Crippen molar-refractivity contribution in [2.24, 2.45) is 0 Å². The number of hydrogen-bond acceptors (Lipinski definition) is 4. The Morgan fingerprint density at radius 3 is 2.75 bits per heavy atom. The minimum absolute atomic E-state index is 0.191. The number of oxazole rings is 1. The van der Waals surface area contributed by atoms with Crippen LogP contribution in [-0.2, 0) is 4.79 Å². The van der Waals surface area contributed by atoms with E-state index in [0.29, 0.717) is 30.6 Å². The summed E-state index contributed by atoms with van der Waals surface area (Å²) in [5.41, 5.74) is 2.21. The predicted octanol–water partition coefficient (Wildman–Crippen LogP) is 1.18. The van der Waals surface area contributed by atoms with E-state index in [1.54, 1.807) is 0 Å². The standard InChI is InChI=1S/C14H17N3O3/c1-2-12(18)17-8-6-16(7-9-17)11-5-3-4-10-13(11)20-14(19)15-10/h3-5H,2,6-9H2,1H3,(H,15,19). The molecule has 2 aromatic rings. The monoisotopic (exact) mass is 275 g/mol. The van der Waals surface area contributed by atoms with Gasteiger partial charge in [0.1, 0.15) is 0 Å². The third kappa shape index (κ3) is 2.17. The zero-order chi connectivity index (χ0) is 14.1. The van der Waals surface area contributed by atoms with E-state index in [9.17, 15) is 9.59 Å². The predicted molar refractivity (Wildman–Crippen MR) is 75.9 cm³/mol. The third-order valence-corrected chi connectivity index (χ3v) is 3.70. The normalized spacial score (nSPS) is 15.8. The first kappa shape index (κ1) is 12.8. The van der Waals surface area contributed by atoms with Gasteiger partial charge in [0.2, 0.25) is 5.91 Å². The molecule has 0 unspecified atom stereocenters. The van der Waals surface area contributed by atoms with Gasteiger partial charge in [-0.15, -0.1) is 0 Å². The van der Waals surface area contributed by atoms with Gasteiger partial charge in [-0.3, -0.25) is 9.78 Å². The Balaban J connectivity index is 1.83. The fraction of sp³-hybridized carbons (Fsp3) is 0.429. The molecule has 1 fully saturated rings. The van der Waals surface area contributed by atoms with Crippen LogP contribution >= 0.6 is 0 Å². The van der Waals surface area contributed by atoms with E-state index in [1.807, 2.05) is 30.0 Å². The topological polar surface area (TPSA) is 69.6 Å². The Morgan fingerprint density at radius 1 is 1.30 bits per heavy atom. The lowest BCUT2D eigenvalue weighted by molar-refractivity contribution is -0.131. The van der Waals surface area contributed by atoms with Crippen LogP contribution in [0.5, 0.6) is 0 Å². The lowest BCUT2D eigenvalue weighted by atomic mass is 10.2. The Kier molecular flexibility index (Phi) is 3.22. The van der Waals surface area contributed by atoms with Crippen LogP contribution in [0.4, 0.5) is 5.69 Å². The summed E-state index contributed by atoms with van der Waals surface area (Å²) in [6.45, 7) is 4.79. The van der Waals surface area contributed by atoms with Crippen LogP contribution in [0.15, 0.2) is 27.4 Å². The highest BCUT2D eigenvalue weighted by molar-refractivity contribution is 5.86. The molecule has 3 rings (SSSR count). The van der Waals surface area contributed by atoms with E-state index in [-0.39, 0.29) is 5.91 Å². The van der Waals surface area contributed by atoms with Crippen molar-refractivity contribution in [1.82, 2.24) is 9.88 Å². The van der Waals surface area contributed by atoms with Gasteiger partial charge in [-0.25, -0.2) is 4.79 Å². The molecule has 0 atom stereocenters. The van der Waals surface area contributed by atoms with E-state index < -0.39 is 5.76 Å². The summed E-state index contributed by atoms with van der Waals surface area (Å²) in [7, 11) is 0. The van der Waals surface area contributed by atoms with Gasteiger partial charge >= 0.3 is 5.76 Å². The lowest BCUT2D eigenvalue weighted by Crippen LogP contribution is -2.48. The number of benzene rings is 1. The summed E-state index contributed by atoms with van der Waals surface area (Å²) in [4.78, 5) is 29.7. The number of aromatic nitrogens is 1. The zero-order valence-corrected chi connectivity index (χ0v) is 11.4. The molecular weight excluding hydrogens is 258 g/mol. The zero-order valence-electron chi connectivity index (χ0n) is 11.4. The maximum Gasteiger partial charge on any atom is 0.417 e. The molecule has 1 aromatic carbocycles. The Hall–Kier alpha value is -2.24. The maximum absolute atomic E-state index is 11.7. The Bertz CT molecular complexity index is 680. The molecule has 0 radical (unpaired) electrons. The number of nitrogens with zero attached hydrogens (tertiary/aromatic N) is 2. The quantitative estimate of drug-likeness (QED) is 0.893. The number of aromatic amines is 1. The summed E-state index contributed by atoms with van der Waals surface area (Å²) in [5, 5.41) is 0. The molecular formula is C14H17N3O3. The second-order valence-electron chi connectivity index (χ2n) is 4.89. The van der Waals surface area contributed by atoms with E-state index in [1.165, 1.54) is 0 Å². The molecule has 0 saturated carbocycles. The number of nitrogens with one attached hydrogen (secondary N) is 1. The van der Waals surface area contributed by atoms with Crippen LogP contribution in [0.25, 0.3) is 11.1 Å². The van der Waals surface area contributed by atoms with Gasteiger partial charge in [-0.2, -0.15) is 0 Å². The fourth-order valence-corrected chi connectivity index (χ4v) is 2.63. The van der Waals surface area contributed by atoms with Gasteiger partial charge < -0.3 is 14.2 Å². The van der Waals surface area contributed by atoms with Crippen LogP contribution in [-0.4, -0.2) is 42.0 Å². The second kappa shape index (κ2) is 5.03. The number of para-hydroxylation sites is 1. The minimum atomic E-state index is -0.438. The summed E-state index contributed by atoms with van der Waals surface area (Å²) in [5.74, 6) is -0.247. The van der Waals surface area contributed by atoms with E-state index in [4.69, 9.17) is 4.42 Å². The van der Waals surface area contributed by atoms with Crippen LogP contribution in [0.1, 0.15) is 13.3 Å². The van der Waals surface area contributed by atoms with E-state index >= 15 is 0 Å². The van der Waals surface area contributed by atoms with Crippen LogP contribution in [0.3, 0.4) is 0 Å². The van der Waals surface area contributed by atoms with Gasteiger partial charge in [0, 0.05) is 32.6 Å². The number of H-pyrrole nitrogens is 1. The van der Waals surface area contributed by atoms with Gasteiger partial charge in [0.15, 0.2) is 5.58 Å². The fourth-order valence-electron chi connectivity index (χ4n) is 2.63. The van der Waals surface area contributed by atoms with Crippen molar-refractivity contribution in [3.8, 4) is 0 Å². The number of anilines is 1. The average Bonchev–Trinajstić information content (AvgIpc) is 2.86. The Labute approximate surface area is 116 Å². The highest BCUT2D eigenvalue weighted by Crippen LogP contribution is 2.25. The number of carbonyl (C=O) groups excluding carboxylic acids is 1. The molecule has 0 bridgehead atoms. The SMILES string of the molecule is CCC(=O)N1CCN(c2cccc3[nH]c(=O)oc23)CC1. The van der Waals surface area contributed by atoms with Gasteiger partial charge in [0.25, 0.3) is 0 Å². The van der Waals surface area contributed by atoms with Crippen molar-refractivity contribution >= 4 is 22.7 Å². The van der Waals surface area contributed by atoms with Crippen molar-refractivity contribution < 1.29 is 9.21 Å².